The molecule has 2 aliphatic rings. The average Bonchev–Trinajstić information content (AvgIpc) is 2.98. The fourth-order valence-corrected chi connectivity index (χ4v) is 2.55. The molecule has 1 saturated carbocycles. The first kappa shape index (κ1) is 8.73. The van der Waals surface area contributed by atoms with Gasteiger partial charge in [-0.25, -0.2) is 0 Å². The number of aromatic nitrogens is 2. The molecule has 2 heterocycles. The van der Waals surface area contributed by atoms with E-state index in [1.54, 1.807) is 0 Å². The van der Waals surface area contributed by atoms with Crippen molar-refractivity contribution in [2.45, 2.75) is 24.8 Å². The lowest BCUT2D eigenvalue weighted by Crippen LogP contribution is -2.30. The first-order valence-electron chi connectivity index (χ1n) is 5.08. The zero-order chi connectivity index (χ0) is 9.38. The van der Waals surface area contributed by atoms with Gasteiger partial charge in [-0.3, -0.25) is 0 Å². The van der Waals surface area contributed by atoms with Crippen molar-refractivity contribution >= 4 is 11.8 Å². The van der Waals surface area contributed by atoms with Gasteiger partial charge in [0.05, 0.1) is 6.04 Å². The maximum atomic E-state index is 5.23. The Hall–Kier alpha value is -0.550. The predicted octanol–water partition coefficient (Wildman–Crippen LogP) is 1.32. The van der Waals surface area contributed by atoms with E-state index in [9.17, 15) is 0 Å². The molecular formula is C9H13N3OS. The Morgan fingerprint density at radius 2 is 2.36 bits per heavy atom. The van der Waals surface area contributed by atoms with Gasteiger partial charge < -0.3 is 9.84 Å². The van der Waals surface area contributed by atoms with Gasteiger partial charge in [-0.1, -0.05) is 5.16 Å². The average molecular weight is 211 g/mol. The van der Waals surface area contributed by atoms with Gasteiger partial charge in [0, 0.05) is 24.0 Å². The number of rotatable bonds is 2. The standard InChI is InChI=1S/C9H13N3OS/c1-2-6(1)9-11-8(12-13-9)7-5-14-4-3-10-7/h6-7,10H,1-5H2. The molecule has 1 atom stereocenters. The van der Waals surface area contributed by atoms with Crippen LogP contribution < -0.4 is 5.32 Å². The van der Waals surface area contributed by atoms with Gasteiger partial charge in [-0.2, -0.15) is 16.7 Å². The van der Waals surface area contributed by atoms with E-state index < -0.39 is 0 Å². The summed E-state index contributed by atoms with van der Waals surface area (Å²) in [5.74, 6) is 4.50. The molecule has 0 radical (unpaired) electrons. The molecule has 0 amide bonds. The summed E-state index contributed by atoms with van der Waals surface area (Å²) in [5.41, 5.74) is 0. The van der Waals surface area contributed by atoms with Crippen molar-refractivity contribution < 1.29 is 4.52 Å². The Morgan fingerprint density at radius 3 is 3.07 bits per heavy atom. The highest BCUT2D eigenvalue weighted by molar-refractivity contribution is 7.99. The SMILES string of the molecule is C1CSCC(c2noc(C3CC3)n2)N1. The minimum atomic E-state index is 0.296. The van der Waals surface area contributed by atoms with E-state index >= 15 is 0 Å². The minimum absolute atomic E-state index is 0.296. The summed E-state index contributed by atoms with van der Waals surface area (Å²) in [4.78, 5) is 4.44. The zero-order valence-electron chi connectivity index (χ0n) is 7.90. The third-order valence-electron chi connectivity index (χ3n) is 2.62. The van der Waals surface area contributed by atoms with Crippen molar-refractivity contribution in [2.75, 3.05) is 18.1 Å². The third kappa shape index (κ3) is 1.66. The lowest BCUT2D eigenvalue weighted by molar-refractivity contribution is 0.368. The van der Waals surface area contributed by atoms with Crippen molar-refractivity contribution in [2.24, 2.45) is 0 Å². The predicted molar refractivity (Wildman–Crippen MR) is 54.3 cm³/mol. The Labute approximate surface area is 86.8 Å². The van der Waals surface area contributed by atoms with E-state index in [2.05, 4.69) is 15.5 Å². The molecule has 1 aromatic heterocycles. The molecule has 0 bridgehead atoms. The van der Waals surface area contributed by atoms with E-state index in [0.29, 0.717) is 12.0 Å². The largest absolute Gasteiger partial charge is 0.339 e. The maximum absolute atomic E-state index is 5.23. The number of hydrogen-bond donors (Lipinski definition) is 1. The van der Waals surface area contributed by atoms with Crippen LogP contribution in [0.2, 0.25) is 0 Å². The van der Waals surface area contributed by atoms with Gasteiger partial charge >= 0.3 is 0 Å². The first-order chi connectivity index (χ1) is 6.93. The van der Waals surface area contributed by atoms with Crippen LogP contribution in [-0.4, -0.2) is 28.2 Å². The Kier molecular flexibility index (Phi) is 2.21. The highest BCUT2D eigenvalue weighted by Gasteiger charge is 2.31. The van der Waals surface area contributed by atoms with Crippen LogP contribution >= 0.6 is 11.8 Å². The van der Waals surface area contributed by atoms with Crippen LogP contribution in [0, 0.1) is 0 Å². The Balaban J connectivity index is 1.74. The summed E-state index contributed by atoms with van der Waals surface area (Å²) in [6, 6.07) is 0.296. The van der Waals surface area contributed by atoms with Gasteiger partial charge in [0.25, 0.3) is 0 Å². The smallest absolute Gasteiger partial charge is 0.229 e. The molecule has 1 aromatic rings. The van der Waals surface area contributed by atoms with Gasteiger partial charge in [-0.15, -0.1) is 0 Å². The van der Waals surface area contributed by atoms with E-state index in [0.717, 1.165) is 24.0 Å². The molecule has 76 valence electrons. The van der Waals surface area contributed by atoms with Crippen LogP contribution in [0.1, 0.15) is 36.5 Å². The normalized spacial score (nSPS) is 27.9. The summed E-state index contributed by atoms with van der Waals surface area (Å²) < 4.78 is 5.23. The molecule has 1 N–H and O–H groups in total. The van der Waals surface area contributed by atoms with Crippen LogP contribution in [0.25, 0.3) is 0 Å². The summed E-state index contributed by atoms with van der Waals surface area (Å²) in [6.07, 6.45) is 2.43. The van der Waals surface area contributed by atoms with Crippen molar-refractivity contribution in [3.8, 4) is 0 Å². The third-order valence-corrected chi connectivity index (χ3v) is 3.68. The monoisotopic (exact) mass is 211 g/mol. The Morgan fingerprint density at radius 1 is 1.43 bits per heavy atom. The van der Waals surface area contributed by atoms with Crippen LogP contribution in [0.5, 0.6) is 0 Å². The zero-order valence-corrected chi connectivity index (χ0v) is 8.72. The molecule has 1 aliphatic heterocycles. The van der Waals surface area contributed by atoms with Crippen molar-refractivity contribution in [1.29, 1.82) is 0 Å². The molecule has 14 heavy (non-hydrogen) atoms. The van der Waals surface area contributed by atoms with Gasteiger partial charge in [-0.05, 0) is 12.8 Å². The molecule has 3 rings (SSSR count). The molecular weight excluding hydrogens is 198 g/mol. The van der Waals surface area contributed by atoms with Gasteiger partial charge in [0.1, 0.15) is 0 Å². The van der Waals surface area contributed by atoms with Crippen molar-refractivity contribution in [3.63, 3.8) is 0 Å². The Bertz CT molecular complexity index is 318. The molecule has 4 nitrogen and oxygen atoms in total. The van der Waals surface area contributed by atoms with Gasteiger partial charge in [0.15, 0.2) is 5.82 Å². The highest BCUT2D eigenvalue weighted by atomic mass is 32.2. The first-order valence-corrected chi connectivity index (χ1v) is 6.23. The fraction of sp³-hybridized carbons (Fsp3) is 0.778. The van der Waals surface area contributed by atoms with E-state index in [4.69, 9.17) is 4.52 Å². The summed E-state index contributed by atoms with van der Waals surface area (Å²) in [6.45, 7) is 1.04. The minimum Gasteiger partial charge on any atom is -0.339 e. The number of thioether (sulfide) groups is 1. The molecule has 5 heteroatoms. The molecule has 1 unspecified atom stereocenters. The fourth-order valence-electron chi connectivity index (χ4n) is 1.62. The van der Waals surface area contributed by atoms with Crippen LogP contribution in [0.4, 0.5) is 0 Å². The van der Waals surface area contributed by atoms with E-state index in [1.807, 2.05) is 11.8 Å². The lowest BCUT2D eigenvalue weighted by atomic mass is 10.3. The highest BCUT2D eigenvalue weighted by Crippen LogP contribution is 2.39. The van der Waals surface area contributed by atoms with Crippen LogP contribution in [-0.2, 0) is 0 Å². The van der Waals surface area contributed by atoms with Crippen LogP contribution in [0.15, 0.2) is 4.52 Å². The molecule has 1 saturated heterocycles. The quantitative estimate of drug-likeness (QED) is 0.799. The molecule has 0 spiro atoms. The maximum Gasteiger partial charge on any atom is 0.229 e. The van der Waals surface area contributed by atoms with Crippen molar-refractivity contribution in [1.82, 2.24) is 15.5 Å². The second-order valence-corrected chi connectivity index (χ2v) is 5.00. The summed E-state index contributed by atoms with van der Waals surface area (Å²) in [5, 5.41) is 7.44. The number of hydrogen-bond acceptors (Lipinski definition) is 5. The molecule has 0 aromatic carbocycles. The van der Waals surface area contributed by atoms with E-state index in [-0.39, 0.29) is 0 Å². The summed E-state index contributed by atoms with van der Waals surface area (Å²) in [7, 11) is 0. The molecule has 1 aliphatic carbocycles. The number of nitrogens with one attached hydrogen (secondary N) is 1. The second-order valence-electron chi connectivity index (χ2n) is 3.85. The second kappa shape index (κ2) is 3.55. The summed E-state index contributed by atoms with van der Waals surface area (Å²) >= 11 is 1.95. The topological polar surface area (TPSA) is 51.0 Å². The van der Waals surface area contributed by atoms with E-state index in [1.165, 1.54) is 18.6 Å². The van der Waals surface area contributed by atoms with Crippen LogP contribution in [0.3, 0.4) is 0 Å². The van der Waals surface area contributed by atoms with Gasteiger partial charge in [0.2, 0.25) is 5.89 Å². The van der Waals surface area contributed by atoms with Crippen molar-refractivity contribution in [3.05, 3.63) is 11.7 Å². The lowest BCUT2D eigenvalue weighted by Gasteiger charge is -2.19. The molecule has 2 fully saturated rings. The number of nitrogens with zero attached hydrogens (tertiary/aromatic N) is 2.